The molecule has 0 bridgehead atoms. The number of hydrogen-bond acceptors (Lipinski definition) is 4. The molecule has 0 aliphatic heterocycles. The molecule has 2 atom stereocenters. The van der Waals surface area contributed by atoms with Gasteiger partial charge in [-0.1, -0.05) is 0 Å². The van der Waals surface area contributed by atoms with Crippen LogP contribution >= 0.6 is 0 Å². The van der Waals surface area contributed by atoms with E-state index in [1.165, 1.54) is 6.92 Å². The Morgan fingerprint density at radius 2 is 2.00 bits per heavy atom. The van der Waals surface area contributed by atoms with Crippen LogP contribution in [-0.4, -0.2) is 29.4 Å². The second-order valence-electron chi connectivity index (χ2n) is 6.39. The predicted octanol–water partition coefficient (Wildman–Crippen LogP) is 1.68. The number of carbonyl (C=O) groups excluding carboxylic acids is 1. The first-order chi connectivity index (χ1) is 8.42. The van der Waals surface area contributed by atoms with Crippen molar-refractivity contribution in [3.63, 3.8) is 0 Å². The summed E-state index contributed by atoms with van der Waals surface area (Å²) in [6, 6.07) is 0. The van der Waals surface area contributed by atoms with Crippen molar-refractivity contribution < 1.29 is 21.8 Å². The minimum absolute atomic E-state index is 0.174. The summed E-state index contributed by atoms with van der Waals surface area (Å²) in [7, 11) is 0. The monoisotopic (exact) mass is 335 g/mol. The summed E-state index contributed by atoms with van der Waals surface area (Å²) in [5, 5.41) is 11.5. The van der Waals surface area contributed by atoms with E-state index in [0.717, 1.165) is 5.70 Å². The number of allylic oxidation sites excluding steroid dienone is 2. The maximum absolute atomic E-state index is 12.1. The van der Waals surface area contributed by atoms with Crippen molar-refractivity contribution in [2.24, 2.45) is 10.8 Å². The van der Waals surface area contributed by atoms with Gasteiger partial charge in [-0.25, -0.2) is 0 Å². The molecule has 0 aromatic carbocycles. The van der Waals surface area contributed by atoms with E-state index in [0.29, 0.717) is 6.42 Å². The summed E-state index contributed by atoms with van der Waals surface area (Å²) in [5.41, 5.74) is -0.527. The molecule has 1 aliphatic rings. The Kier molecular flexibility index (Phi) is 4.42. The third kappa shape index (κ3) is 3.51. The molecule has 7 heteroatoms. The number of hydrogen-bond donors (Lipinski definition) is 3. The van der Waals surface area contributed by atoms with Gasteiger partial charge in [0, 0.05) is 0 Å². The first-order valence-electron chi connectivity index (χ1n) is 6.07. The van der Waals surface area contributed by atoms with Crippen molar-refractivity contribution in [2.75, 3.05) is 0 Å². The summed E-state index contributed by atoms with van der Waals surface area (Å²) >= 11 is -4.84. The number of rotatable bonds is 3. The molecule has 0 saturated heterocycles. The number of nitrogens with one attached hydrogen (secondary N) is 1. The van der Waals surface area contributed by atoms with E-state index >= 15 is 0 Å². The molecule has 0 fully saturated rings. The summed E-state index contributed by atoms with van der Waals surface area (Å²) < 4.78 is 25.3. The zero-order valence-electron chi connectivity index (χ0n) is 11.9. The van der Waals surface area contributed by atoms with Gasteiger partial charge in [0.15, 0.2) is 0 Å². The van der Waals surface area contributed by atoms with Crippen molar-refractivity contribution in [2.45, 2.75) is 45.7 Å². The third-order valence-corrected chi connectivity index (χ3v) is 8.14. The van der Waals surface area contributed by atoms with Gasteiger partial charge in [0.2, 0.25) is 0 Å². The molecule has 6 nitrogen and oxygen atoms in total. The molecule has 0 saturated carbocycles. The zero-order valence-corrected chi connectivity index (χ0v) is 13.8. The second kappa shape index (κ2) is 5.09. The molecule has 110 valence electrons. The van der Waals surface area contributed by atoms with Crippen molar-refractivity contribution in [3.05, 3.63) is 11.8 Å². The number of amides is 1. The minimum atomic E-state index is -4.84. The quantitative estimate of drug-likeness (QED) is 0.414. The maximum atomic E-state index is 12.1. The van der Waals surface area contributed by atoms with Crippen LogP contribution in [0.15, 0.2) is 11.8 Å². The Bertz CT molecular complexity index is 455. The van der Waals surface area contributed by atoms with Crippen molar-refractivity contribution in [1.82, 2.24) is 5.32 Å². The van der Waals surface area contributed by atoms with E-state index in [1.54, 1.807) is 19.9 Å². The van der Waals surface area contributed by atoms with Crippen LogP contribution in [0.3, 0.4) is 0 Å². The molecule has 0 radical (unpaired) electrons. The molecular weight excluding hydrogens is 313 g/mol. The molecule has 3 N–H and O–H groups in total. The molecule has 0 heterocycles. The molecular formula is C12H22AsNO5. The van der Waals surface area contributed by atoms with Gasteiger partial charge in [0.25, 0.3) is 0 Å². The summed E-state index contributed by atoms with van der Waals surface area (Å²) in [4.78, 5) is 11.2. The fourth-order valence-corrected chi connectivity index (χ4v) is 7.55. The molecule has 0 spiro atoms. The van der Waals surface area contributed by atoms with Crippen LogP contribution in [0.5, 0.6) is 0 Å². The van der Waals surface area contributed by atoms with Crippen LogP contribution in [-0.2, 0) is 12.4 Å². The Labute approximate surface area is 116 Å². The first-order valence-corrected chi connectivity index (χ1v) is 9.53. The van der Waals surface area contributed by atoms with Gasteiger partial charge in [-0.15, -0.1) is 0 Å². The average Bonchev–Trinajstić information content (AvgIpc) is 2.10. The van der Waals surface area contributed by atoms with E-state index in [1.807, 2.05) is 13.8 Å². The van der Waals surface area contributed by atoms with Crippen LogP contribution < -0.4 is 5.32 Å². The molecule has 2 unspecified atom stereocenters. The van der Waals surface area contributed by atoms with E-state index < -0.39 is 29.7 Å². The average molecular weight is 335 g/mol. The second-order valence-corrected chi connectivity index (χ2v) is 10.2. The van der Waals surface area contributed by atoms with Crippen LogP contribution in [0.25, 0.3) is 0 Å². The topological polar surface area (TPSA) is 95.9 Å². The van der Waals surface area contributed by atoms with E-state index in [2.05, 4.69) is 9.19 Å². The molecule has 1 amide bonds. The van der Waals surface area contributed by atoms with Crippen LogP contribution in [0.4, 0.5) is 0 Å². The Morgan fingerprint density at radius 1 is 1.47 bits per heavy atom. The van der Waals surface area contributed by atoms with Crippen LogP contribution in [0.1, 0.15) is 41.0 Å². The molecule has 0 aromatic rings. The fraction of sp³-hybridized carbons (Fsp3) is 0.750. The molecule has 1 aliphatic carbocycles. The van der Waals surface area contributed by atoms with E-state index in [-0.39, 0.29) is 5.91 Å². The van der Waals surface area contributed by atoms with Gasteiger partial charge in [0.05, 0.1) is 0 Å². The van der Waals surface area contributed by atoms with Crippen LogP contribution in [0.2, 0.25) is 4.71 Å². The van der Waals surface area contributed by atoms with Crippen molar-refractivity contribution >= 4 is 20.1 Å². The Morgan fingerprint density at radius 3 is 2.37 bits per heavy atom. The van der Waals surface area contributed by atoms with E-state index in [4.69, 9.17) is 5.26 Å². The summed E-state index contributed by atoms with van der Waals surface area (Å²) in [6.45, 7) is 8.67. The predicted molar refractivity (Wildman–Crippen MR) is 70.2 cm³/mol. The summed E-state index contributed by atoms with van der Waals surface area (Å²) in [6.07, 6.45) is 2.21. The molecule has 1 rings (SSSR count). The third-order valence-electron chi connectivity index (χ3n) is 3.42. The standard InChI is InChI=1S/C12H22AsNO5/c1-8(15)14-9-6-11(2,3)10(12(4,5)7-9)13(16,17)19-18/h6,10,18H,7H2,1-5H3,(H,14,15)(H,16,17). The summed E-state index contributed by atoms with van der Waals surface area (Å²) in [5.74, 6) is -0.174. The van der Waals surface area contributed by atoms with Gasteiger partial charge in [-0.3, -0.25) is 0 Å². The van der Waals surface area contributed by atoms with Gasteiger partial charge < -0.3 is 0 Å². The van der Waals surface area contributed by atoms with Gasteiger partial charge in [0.1, 0.15) is 0 Å². The molecule has 19 heavy (non-hydrogen) atoms. The van der Waals surface area contributed by atoms with Gasteiger partial charge in [-0.05, 0) is 0 Å². The van der Waals surface area contributed by atoms with Gasteiger partial charge in [-0.2, -0.15) is 0 Å². The van der Waals surface area contributed by atoms with Gasteiger partial charge >= 0.3 is 116 Å². The van der Waals surface area contributed by atoms with Crippen molar-refractivity contribution in [1.29, 1.82) is 0 Å². The van der Waals surface area contributed by atoms with Crippen molar-refractivity contribution in [3.8, 4) is 0 Å². The number of carbonyl (C=O) groups is 1. The Hall–Kier alpha value is -0.552. The Balaban J connectivity index is 3.26. The van der Waals surface area contributed by atoms with Crippen LogP contribution in [0, 0.1) is 10.8 Å². The molecule has 0 aromatic heterocycles. The fourth-order valence-electron chi connectivity index (χ4n) is 3.39. The van der Waals surface area contributed by atoms with E-state index in [9.17, 15) is 12.6 Å². The first kappa shape index (κ1) is 16.5. The normalized spacial score (nSPS) is 28.2. The zero-order chi connectivity index (χ0) is 15.1. The SMILES string of the molecule is CC(=O)NC1=CC(C)(C)C([As](=O)(O)OO)C(C)(C)C1.